The molecule has 0 amide bonds. The fourth-order valence-electron chi connectivity index (χ4n) is 3.56. The van der Waals surface area contributed by atoms with Gasteiger partial charge in [0.1, 0.15) is 17.3 Å². The lowest BCUT2D eigenvalue weighted by Gasteiger charge is -2.32. The van der Waals surface area contributed by atoms with Crippen LogP contribution in [0.5, 0.6) is 11.5 Å². The third kappa shape index (κ3) is 3.54. The van der Waals surface area contributed by atoms with Crippen LogP contribution in [0.25, 0.3) is 10.9 Å². The van der Waals surface area contributed by atoms with Crippen molar-refractivity contribution in [1.82, 2.24) is 4.98 Å². The molecule has 1 saturated heterocycles. The molecule has 6 heteroatoms. The molecule has 26 heavy (non-hydrogen) atoms. The van der Waals surface area contributed by atoms with Crippen LogP contribution in [0.1, 0.15) is 25.3 Å². The summed E-state index contributed by atoms with van der Waals surface area (Å²) in [4.78, 5) is 19.1. The van der Waals surface area contributed by atoms with Gasteiger partial charge in [0.15, 0.2) is 0 Å². The molecule has 2 aromatic rings. The van der Waals surface area contributed by atoms with Crippen molar-refractivity contribution in [2.45, 2.75) is 26.7 Å². The summed E-state index contributed by atoms with van der Waals surface area (Å²) >= 11 is 0. The van der Waals surface area contributed by atoms with Crippen molar-refractivity contribution >= 4 is 22.7 Å². The van der Waals surface area contributed by atoms with E-state index >= 15 is 0 Å². The summed E-state index contributed by atoms with van der Waals surface area (Å²) in [6.07, 6.45) is 1.81. The second-order valence-corrected chi connectivity index (χ2v) is 6.56. The number of aryl methyl sites for hydroxylation is 1. The van der Waals surface area contributed by atoms with E-state index in [0.29, 0.717) is 18.9 Å². The Morgan fingerprint density at radius 2 is 2.08 bits per heavy atom. The standard InChI is InChI=1S/C20H26N2O4/c1-5-26-20(23)14-7-6-8-22(12-14)18-9-13(2)19-16(21-18)10-15(24-3)11-17(19)25-4/h9-11,14H,5-8,12H2,1-4H3. The maximum absolute atomic E-state index is 12.1. The Kier molecular flexibility index (Phi) is 5.49. The van der Waals surface area contributed by atoms with Gasteiger partial charge in [0, 0.05) is 30.6 Å². The first kappa shape index (κ1) is 18.3. The molecule has 0 saturated carbocycles. The maximum atomic E-state index is 12.1. The number of hydrogen-bond donors (Lipinski definition) is 0. The molecule has 1 aliphatic heterocycles. The smallest absolute Gasteiger partial charge is 0.310 e. The zero-order valence-electron chi connectivity index (χ0n) is 15.9. The van der Waals surface area contributed by atoms with E-state index < -0.39 is 0 Å². The van der Waals surface area contributed by atoms with E-state index in [1.807, 2.05) is 19.1 Å². The molecule has 1 atom stereocenters. The van der Waals surface area contributed by atoms with Crippen LogP contribution < -0.4 is 14.4 Å². The molecule has 0 aliphatic carbocycles. The van der Waals surface area contributed by atoms with Gasteiger partial charge in [-0.3, -0.25) is 4.79 Å². The van der Waals surface area contributed by atoms with E-state index in [4.69, 9.17) is 19.2 Å². The van der Waals surface area contributed by atoms with Gasteiger partial charge in [-0.05, 0) is 38.3 Å². The van der Waals surface area contributed by atoms with Gasteiger partial charge >= 0.3 is 5.97 Å². The Bertz CT molecular complexity index is 806. The molecule has 6 nitrogen and oxygen atoms in total. The number of benzene rings is 1. The molecular formula is C20H26N2O4. The van der Waals surface area contributed by atoms with Gasteiger partial charge in [0.2, 0.25) is 0 Å². The van der Waals surface area contributed by atoms with Crippen LogP contribution in [0.4, 0.5) is 5.82 Å². The molecule has 1 unspecified atom stereocenters. The lowest BCUT2D eigenvalue weighted by Crippen LogP contribution is -2.39. The molecule has 3 rings (SSSR count). The summed E-state index contributed by atoms with van der Waals surface area (Å²) in [6, 6.07) is 5.85. The van der Waals surface area contributed by atoms with Crippen molar-refractivity contribution in [2.24, 2.45) is 5.92 Å². The molecular weight excluding hydrogens is 332 g/mol. The van der Waals surface area contributed by atoms with Crippen LogP contribution in [-0.4, -0.2) is 44.9 Å². The van der Waals surface area contributed by atoms with Crippen LogP contribution >= 0.6 is 0 Å². The number of methoxy groups -OCH3 is 2. The average molecular weight is 358 g/mol. The van der Waals surface area contributed by atoms with Gasteiger partial charge in [-0.25, -0.2) is 4.98 Å². The number of aromatic nitrogens is 1. The second kappa shape index (κ2) is 7.81. The highest BCUT2D eigenvalue weighted by Gasteiger charge is 2.28. The number of fused-ring (bicyclic) bond motifs is 1. The Hall–Kier alpha value is -2.50. The van der Waals surface area contributed by atoms with Gasteiger partial charge in [-0.2, -0.15) is 0 Å². The third-order valence-corrected chi connectivity index (χ3v) is 4.85. The van der Waals surface area contributed by atoms with E-state index in [1.165, 1.54) is 0 Å². The van der Waals surface area contributed by atoms with E-state index in [9.17, 15) is 4.79 Å². The molecule has 2 heterocycles. The van der Waals surface area contributed by atoms with Crippen molar-refractivity contribution in [3.05, 3.63) is 23.8 Å². The van der Waals surface area contributed by atoms with E-state index in [1.54, 1.807) is 14.2 Å². The summed E-state index contributed by atoms with van der Waals surface area (Å²) in [7, 11) is 3.28. The molecule has 0 N–H and O–H groups in total. The van der Waals surface area contributed by atoms with E-state index in [0.717, 1.165) is 47.4 Å². The highest BCUT2D eigenvalue weighted by atomic mass is 16.5. The summed E-state index contributed by atoms with van der Waals surface area (Å²) in [5.41, 5.74) is 1.91. The number of carbonyl (C=O) groups is 1. The van der Waals surface area contributed by atoms with Crippen molar-refractivity contribution in [1.29, 1.82) is 0 Å². The predicted octanol–water partition coefficient (Wildman–Crippen LogP) is 3.34. The minimum atomic E-state index is -0.113. The number of nitrogens with zero attached hydrogens (tertiary/aromatic N) is 2. The largest absolute Gasteiger partial charge is 0.497 e. The Morgan fingerprint density at radius 3 is 2.77 bits per heavy atom. The second-order valence-electron chi connectivity index (χ2n) is 6.56. The van der Waals surface area contributed by atoms with Crippen LogP contribution in [0.2, 0.25) is 0 Å². The lowest BCUT2D eigenvalue weighted by atomic mass is 9.98. The summed E-state index contributed by atoms with van der Waals surface area (Å²) in [6.45, 7) is 5.83. The maximum Gasteiger partial charge on any atom is 0.310 e. The molecule has 0 radical (unpaired) electrons. The Morgan fingerprint density at radius 1 is 1.27 bits per heavy atom. The number of rotatable bonds is 5. The predicted molar refractivity (Wildman–Crippen MR) is 101 cm³/mol. The normalized spacial score (nSPS) is 17.2. The lowest BCUT2D eigenvalue weighted by molar-refractivity contribution is -0.148. The van der Waals surface area contributed by atoms with Gasteiger partial charge < -0.3 is 19.1 Å². The molecule has 1 aromatic carbocycles. The quantitative estimate of drug-likeness (QED) is 0.764. The summed E-state index contributed by atoms with van der Waals surface area (Å²) < 4.78 is 16.1. The first-order chi connectivity index (χ1) is 12.6. The van der Waals surface area contributed by atoms with Crippen LogP contribution in [-0.2, 0) is 9.53 Å². The van der Waals surface area contributed by atoms with Crippen molar-refractivity contribution in [3.8, 4) is 11.5 Å². The molecule has 1 aromatic heterocycles. The molecule has 140 valence electrons. The number of piperidine rings is 1. The third-order valence-electron chi connectivity index (χ3n) is 4.85. The van der Waals surface area contributed by atoms with Crippen LogP contribution in [0.15, 0.2) is 18.2 Å². The average Bonchev–Trinajstić information content (AvgIpc) is 2.67. The van der Waals surface area contributed by atoms with Crippen LogP contribution in [0.3, 0.4) is 0 Å². The molecule has 0 spiro atoms. The van der Waals surface area contributed by atoms with Gasteiger partial charge in [0.05, 0.1) is 32.3 Å². The van der Waals surface area contributed by atoms with Gasteiger partial charge in [0.25, 0.3) is 0 Å². The SMILES string of the molecule is CCOC(=O)C1CCCN(c2cc(C)c3c(OC)cc(OC)cc3n2)C1. The fraction of sp³-hybridized carbons (Fsp3) is 0.500. The number of esters is 1. The molecule has 1 aliphatic rings. The van der Waals surface area contributed by atoms with Crippen LogP contribution in [0, 0.1) is 12.8 Å². The Labute approximate surface area is 154 Å². The zero-order chi connectivity index (χ0) is 18.7. The molecule has 0 bridgehead atoms. The highest BCUT2D eigenvalue weighted by Crippen LogP contribution is 2.35. The fourth-order valence-corrected chi connectivity index (χ4v) is 3.56. The Balaban J connectivity index is 1.96. The minimum absolute atomic E-state index is 0.0960. The number of hydrogen-bond acceptors (Lipinski definition) is 6. The topological polar surface area (TPSA) is 60.9 Å². The highest BCUT2D eigenvalue weighted by molar-refractivity contribution is 5.91. The first-order valence-corrected chi connectivity index (χ1v) is 9.02. The number of carbonyl (C=O) groups excluding carboxylic acids is 1. The molecule has 1 fully saturated rings. The van der Waals surface area contributed by atoms with Gasteiger partial charge in [-0.1, -0.05) is 0 Å². The van der Waals surface area contributed by atoms with Gasteiger partial charge in [-0.15, -0.1) is 0 Å². The van der Waals surface area contributed by atoms with E-state index in [2.05, 4.69) is 17.9 Å². The van der Waals surface area contributed by atoms with E-state index in [-0.39, 0.29) is 11.9 Å². The summed E-state index contributed by atoms with van der Waals surface area (Å²) in [5.74, 6) is 2.12. The number of pyridine rings is 1. The first-order valence-electron chi connectivity index (χ1n) is 9.02. The minimum Gasteiger partial charge on any atom is -0.497 e. The zero-order valence-corrected chi connectivity index (χ0v) is 15.9. The monoisotopic (exact) mass is 358 g/mol. The number of ether oxygens (including phenoxy) is 3. The van der Waals surface area contributed by atoms with Crippen molar-refractivity contribution in [3.63, 3.8) is 0 Å². The van der Waals surface area contributed by atoms with Crippen molar-refractivity contribution < 1.29 is 19.0 Å². The summed E-state index contributed by atoms with van der Waals surface area (Å²) in [5, 5.41) is 0.982. The number of anilines is 1. The van der Waals surface area contributed by atoms with Crippen molar-refractivity contribution in [2.75, 3.05) is 38.8 Å².